The normalized spacial score (nSPS) is 19.9. The van der Waals surface area contributed by atoms with Gasteiger partial charge in [-0.3, -0.25) is 4.79 Å². The van der Waals surface area contributed by atoms with E-state index in [9.17, 15) is 4.79 Å². The lowest BCUT2D eigenvalue weighted by molar-refractivity contribution is -1.02. The van der Waals surface area contributed by atoms with E-state index in [1.807, 2.05) is 30.3 Å². The van der Waals surface area contributed by atoms with Crippen molar-refractivity contribution in [2.75, 3.05) is 32.7 Å². The molecule has 0 aliphatic carbocycles. The van der Waals surface area contributed by atoms with E-state index in [1.54, 1.807) is 18.3 Å². The number of rotatable bonds is 6. The number of nitrogens with one attached hydrogen (secondary N) is 3. The van der Waals surface area contributed by atoms with Crippen LogP contribution in [0.25, 0.3) is 0 Å². The first-order chi connectivity index (χ1) is 13.1. The number of carbonyl (C=O) groups excluding carboxylic acids is 1. The van der Waals surface area contributed by atoms with Crippen LogP contribution in [-0.4, -0.2) is 44.8 Å². The van der Waals surface area contributed by atoms with Crippen molar-refractivity contribution >= 4 is 35.3 Å². The summed E-state index contributed by atoms with van der Waals surface area (Å²) in [5, 5.41) is 5.49. The molecule has 2 aromatic carbocycles. The quantitative estimate of drug-likeness (QED) is 0.472. The summed E-state index contributed by atoms with van der Waals surface area (Å²) < 4.78 is 0. The fourth-order valence-electron chi connectivity index (χ4n) is 3.25. The zero-order valence-electron chi connectivity index (χ0n) is 15.1. The van der Waals surface area contributed by atoms with E-state index in [0.29, 0.717) is 11.6 Å². The van der Waals surface area contributed by atoms with Gasteiger partial charge in [0, 0.05) is 15.6 Å². The van der Waals surface area contributed by atoms with Crippen LogP contribution in [0.2, 0.25) is 10.0 Å². The van der Waals surface area contributed by atoms with Gasteiger partial charge in [0.05, 0.1) is 6.21 Å². The van der Waals surface area contributed by atoms with Crippen LogP contribution in [0.1, 0.15) is 11.1 Å². The zero-order valence-corrected chi connectivity index (χ0v) is 16.6. The number of halogens is 2. The first-order valence-electron chi connectivity index (χ1n) is 9.08. The minimum absolute atomic E-state index is 0.0715. The van der Waals surface area contributed by atoms with Gasteiger partial charge in [-0.2, -0.15) is 5.10 Å². The van der Waals surface area contributed by atoms with E-state index in [-0.39, 0.29) is 5.91 Å². The molecular formula is C20H24Cl2N4O+2. The molecule has 0 atom stereocenters. The molecule has 1 amide bonds. The van der Waals surface area contributed by atoms with Crippen LogP contribution in [0.5, 0.6) is 0 Å². The molecule has 142 valence electrons. The van der Waals surface area contributed by atoms with Gasteiger partial charge in [-0.15, -0.1) is 0 Å². The van der Waals surface area contributed by atoms with Gasteiger partial charge >= 0.3 is 0 Å². The van der Waals surface area contributed by atoms with Gasteiger partial charge in [0.1, 0.15) is 32.7 Å². The number of quaternary nitrogens is 2. The van der Waals surface area contributed by atoms with Crippen molar-refractivity contribution in [3.05, 3.63) is 69.7 Å². The molecule has 0 radical (unpaired) electrons. The summed E-state index contributed by atoms with van der Waals surface area (Å²) in [6, 6.07) is 15.3. The molecular weight excluding hydrogens is 383 g/mol. The number of piperazine rings is 1. The highest BCUT2D eigenvalue weighted by atomic mass is 35.5. The average molecular weight is 407 g/mol. The molecule has 0 saturated carbocycles. The Morgan fingerprint density at radius 2 is 1.78 bits per heavy atom. The van der Waals surface area contributed by atoms with Gasteiger partial charge < -0.3 is 9.80 Å². The van der Waals surface area contributed by atoms with Gasteiger partial charge in [-0.1, -0.05) is 53.5 Å². The molecule has 1 aliphatic heterocycles. The van der Waals surface area contributed by atoms with Crippen LogP contribution in [0.15, 0.2) is 53.6 Å². The standard InChI is InChI=1S/C20H22Cl2N4O/c21-18-6-3-4-16(12-18)13-23-24-20(27)15-26-10-8-25(9-11-26)14-17-5-1-2-7-19(17)22/h1-7,12-13H,8-11,14-15H2,(H,24,27)/p+2/b23-13-. The van der Waals surface area contributed by atoms with Gasteiger partial charge in [-0.25, -0.2) is 5.43 Å². The second kappa shape index (κ2) is 9.85. The van der Waals surface area contributed by atoms with Crippen molar-refractivity contribution in [3.8, 4) is 0 Å². The summed E-state index contributed by atoms with van der Waals surface area (Å²) in [7, 11) is 0. The van der Waals surface area contributed by atoms with Crippen LogP contribution >= 0.6 is 23.2 Å². The molecule has 0 bridgehead atoms. The summed E-state index contributed by atoms with van der Waals surface area (Å²) in [6.07, 6.45) is 1.60. The van der Waals surface area contributed by atoms with Crippen LogP contribution in [-0.2, 0) is 11.3 Å². The Bertz CT molecular complexity index is 804. The van der Waals surface area contributed by atoms with E-state index in [4.69, 9.17) is 23.2 Å². The molecule has 0 unspecified atom stereocenters. The molecule has 5 nitrogen and oxygen atoms in total. The molecule has 2 aromatic rings. The molecule has 1 fully saturated rings. The predicted octanol–water partition coefficient (Wildman–Crippen LogP) is 0.427. The van der Waals surface area contributed by atoms with Crippen molar-refractivity contribution in [3.63, 3.8) is 0 Å². The SMILES string of the molecule is O=C(C[NH+]1CC[NH+](Cc2ccccc2Cl)CC1)N/N=C\c1cccc(Cl)c1. The third-order valence-corrected chi connectivity index (χ3v) is 5.33. The van der Waals surface area contributed by atoms with Crippen LogP contribution < -0.4 is 15.2 Å². The van der Waals surface area contributed by atoms with E-state index >= 15 is 0 Å². The highest BCUT2D eigenvalue weighted by molar-refractivity contribution is 6.31. The van der Waals surface area contributed by atoms with Crippen molar-refractivity contribution in [2.24, 2.45) is 5.10 Å². The van der Waals surface area contributed by atoms with Crippen molar-refractivity contribution in [1.29, 1.82) is 0 Å². The smallest absolute Gasteiger partial charge is 0.295 e. The van der Waals surface area contributed by atoms with Crippen molar-refractivity contribution in [1.82, 2.24) is 5.43 Å². The lowest BCUT2D eigenvalue weighted by Crippen LogP contribution is -3.28. The van der Waals surface area contributed by atoms with Gasteiger partial charge in [0.15, 0.2) is 6.54 Å². The molecule has 3 rings (SSSR count). The molecule has 0 spiro atoms. The molecule has 7 heteroatoms. The Hall–Kier alpha value is -1.92. The maximum Gasteiger partial charge on any atom is 0.295 e. The number of amides is 1. The molecule has 1 heterocycles. The van der Waals surface area contributed by atoms with Crippen molar-refractivity contribution in [2.45, 2.75) is 6.54 Å². The third kappa shape index (κ3) is 6.33. The Balaban J connectivity index is 1.39. The minimum Gasteiger partial charge on any atom is -0.322 e. The number of carbonyl (C=O) groups is 1. The minimum atomic E-state index is -0.0715. The molecule has 0 aromatic heterocycles. The Kier molecular flexibility index (Phi) is 7.24. The van der Waals surface area contributed by atoms with E-state index < -0.39 is 0 Å². The maximum atomic E-state index is 12.1. The second-order valence-electron chi connectivity index (χ2n) is 6.79. The van der Waals surface area contributed by atoms with E-state index in [1.165, 1.54) is 15.4 Å². The van der Waals surface area contributed by atoms with E-state index in [0.717, 1.165) is 43.3 Å². The third-order valence-electron chi connectivity index (χ3n) is 4.72. The van der Waals surface area contributed by atoms with Crippen LogP contribution in [0, 0.1) is 0 Å². The first kappa shape index (κ1) is 19.8. The summed E-state index contributed by atoms with van der Waals surface area (Å²) in [5.41, 5.74) is 4.64. The Morgan fingerprint density at radius 3 is 2.52 bits per heavy atom. The first-order valence-corrected chi connectivity index (χ1v) is 9.84. The zero-order chi connectivity index (χ0) is 19.1. The Morgan fingerprint density at radius 1 is 1.04 bits per heavy atom. The maximum absolute atomic E-state index is 12.1. The van der Waals surface area contributed by atoms with Gasteiger partial charge in [-0.05, 0) is 23.8 Å². The van der Waals surface area contributed by atoms with Gasteiger partial charge in [0.25, 0.3) is 5.91 Å². The van der Waals surface area contributed by atoms with Crippen LogP contribution in [0.4, 0.5) is 0 Å². The van der Waals surface area contributed by atoms with Crippen LogP contribution in [0.3, 0.4) is 0 Å². The summed E-state index contributed by atoms with van der Waals surface area (Å²) in [4.78, 5) is 14.9. The highest BCUT2D eigenvalue weighted by Gasteiger charge is 2.25. The summed E-state index contributed by atoms with van der Waals surface area (Å²) >= 11 is 12.2. The summed E-state index contributed by atoms with van der Waals surface area (Å²) in [5.74, 6) is -0.0715. The second-order valence-corrected chi connectivity index (χ2v) is 7.64. The van der Waals surface area contributed by atoms with E-state index in [2.05, 4.69) is 16.6 Å². The fourth-order valence-corrected chi connectivity index (χ4v) is 3.66. The topological polar surface area (TPSA) is 50.3 Å². The number of nitrogens with zero attached hydrogens (tertiary/aromatic N) is 1. The lowest BCUT2D eigenvalue weighted by Gasteiger charge is -2.29. The lowest BCUT2D eigenvalue weighted by atomic mass is 10.2. The molecule has 1 aliphatic rings. The van der Waals surface area contributed by atoms with Crippen molar-refractivity contribution < 1.29 is 14.6 Å². The average Bonchev–Trinajstić information content (AvgIpc) is 2.65. The highest BCUT2D eigenvalue weighted by Crippen LogP contribution is 2.13. The summed E-state index contributed by atoms with van der Waals surface area (Å²) in [6.45, 7) is 5.35. The largest absolute Gasteiger partial charge is 0.322 e. The molecule has 1 saturated heterocycles. The monoisotopic (exact) mass is 406 g/mol. The number of hydrazone groups is 1. The number of hydrogen-bond donors (Lipinski definition) is 3. The number of hydrogen-bond acceptors (Lipinski definition) is 2. The predicted molar refractivity (Wildman–Crippen MR) is 109 cm³/mol. The number of benzene rings is 2. The van der Waals surface area contributed by atoms with Gasteiger partial charge in [0.2, 0.25) is 0 Å². The molecule has 3 N–H and O–H groups in total. The fraction of sp³-hybridized carbons (Fsp3) is 0.300. The molecule has 27 heavy (non-hydrogen) atoms. The Labute approximate surface area is 169 Å².